The summed E-state index contributed by atoms with van der Waals surface area (Å²) in [5.74, 6) is -0.111. The first kappa shape index (κ1) is 15.1. The van der Waals surface area contributed by atoms with E-state index in [9.17, 15) is 9.70 Å². The fourth-order valence-corrected chi connectivity index (χ4v) is 1.64. The lowest BCUT2D eigenvalue weighted by atomic mass is 10.1. The van der Waals surface area contributed by atoms with E-state index in [0.29, 0.717) is 17.8 Å². The number of hydrogen-bond acceptors (Lipinski definition) is 5. The van der Waals surface area contributed by atoms with Crippen molar-refractivity contribution in [3.63, 3.8) is 0 Å². The number of nitrogens with zero attached hydrogens (tertiary/aromatic N) is 3. The second kappa shape index (κ2) is 7.48. The van der Waals surface area contributed by atoms with Crippen LogP contribution in [0.25, 0.3) is 0 Å². The highest BCUT2D eigenvalue weighted by Gasteiger charge is 2.12. The minimum Gasteiger partial charge on any atom is -0.352 e. The third-order valence-electron chi connectivity index (χ3n) is 2.69. The zero-order chi connectivity index (χ0) is 14.3. The van der Waals surface area contributed by atoms with Crippen molar-refractivity contribution >= 4 is 5.91 Å². The van der Waals surface area contributed by atoms with E-state index in [1.54, 1.807) is 30.3 Å². The van der Waals surface area contributed by atoms with Crippen LogP contribution in [0.1, 0.15) is 6.42 Å². The fraction of sp³-hybridized carbons (Fsp3) is 0.462. The van der Waals surface area contributed by atoms with E-state index in [2.05, 4.69) is 15.4 Å². The second-order valence-electron chi connectivity index (χ2n) is 4.60. The summed E-state index contributed by atoms with van der Waals surface area (Å²) in [6, 6.07) is 0. The van der Waals surface area contributed by atoms with Crippen LogP contribution in [0.15, 0.2) is 41.0 Å². The lowest BCUT2D eigenvalue weighted by molar-refractivity contribution is -0.117. The first-order valence-electron chi connectivity index (χ1n) is 6.13. The summed E-state index contributed by atoms with van der Waals surface area (Å²) < 4.78 is 0. The van der Waals surface area contributed by atoms with Crippen molar-refractivity contribution in [3.05, 3.63) is 40.7 Å². The molecule has 0 aromatic carbocycles. The van der Waals surface area contributed by atoms with Gasteiger partial charge in [-0.3, -0.25) is 4.79 Å². The summed E-state index contributed by atoms with van der Waals surface area (Å²) in [7, 11) is 5.76. The van der Waals surface area contributed by atoms with Crippen molar-refractivity contribution in [1.82, 2.24) is 15.1 Å². The van der Waals surface area contributed by atoms with Gasteiger partial charge in [0.2, 0.25) is 0 Å². The highest BCUT2D eigenvalue weighted by Crippen LogP contribution is 2.15. The van der Waals surface area contributed by atoms with Gasteiger partial charge in [0, 0.05) is 19.8 Å². The minimum absolute atomic E-state index is 0.111. The quantitative estimate of drug-likeness (QED) is 0.575. The van der Waals surface area contributed by atoms with E-state index in [-0.39, 0.29) is 5.91 Å². The maximum atomic E-state index is 11.9. The molecule has 0 aromatic heterocycles. The molecule has 0 aliphatic carbocycles. The lowest BCUT2D eigenvalue weighted by Gasteiger charge is -2.20. The van der Waals surface area contributed by atoms with Crippen molar-refractivity contribution < 1.29 is 4.79 Å². The van der Waals surface area contributed by atoms with Crippen LogP contribution in [0.2, 0.25) is 0 Å². The van der Waals surface area contributed by atoms with Crippen molar-refractivity contribution in [2.75, 3.05) is 34.2 Å². The van der Waals surface area contributed by atoms with Gasteiger partial charge in [-0.1, -0.05) is 0 Å². The Morgan fingerprint density at radius 3 is 2.79 bits per heavy atom. The Labute approximate surface area is 113 Å². The Morgan fingerprint density at radius 1 is 1.47 bits per heavy atom. The first-order chi connectivity index (χ1) is 9.04. The van der Waals surface area contributed by atoms with Crippen LogP contribution in [-0.2, 0) is 4.79 Å². The predicted molar refractivity (Wildman–Crippen MR) is 75.0 cm³/mol. The number of rotatable bonds is 6. The summed E-state index contributed by atoms with van der Waals surface area (Å²) in [5.41, 5.74) is 1.22. The summed E-state index contributed by atoms with van der Waals surface area (Å²) in [6.45, 7) is 1.58. The lowest BCUT2D eigenvalue weighted by Crippen LogP contribution is -2.29. The van der Waals surface area contributed by atoms with Gasteiger partial charge in [-0.2, -0.15) is 0 Å². The van der Waals surface area contributed by atoms with Gasteiger partial charge in [-0.05, 0) is 44.4 Å². The molecule has 6 heteroatoms. The topological polar surface area (TPSA) is 65.0 Å². The monoisotopic (exact) mass is 264 g/mol. The molecule has 104 valence electrons. The van der Waals surface area contributed by atoms with Crippen LogP contribution in [0.3, 0.4) is 0 Å². The van der Waals surface area contributed by atoms with E-state index >= 15 is 0 Å². The molecule has 0 spiro atoms. The van der Waals surface area contributed by atoms with Gasteiger partial charge < -0.3 is 15.1 Å². The highest BCUT2D eigenvalue weighted by atomic mass is 16.2. The summed E-state index contributed by atoms with van der Waals surface area (Å²) in [6.07, 6.45) is 7.16. The molecular formula is C13H20N4O2. The number of nitrogens with one attached hydrogen (secondary N) is 1. The van der Waals surface area contributed by atoms with Gasteiger partial charge in [-0.15, -0.1) is 4.91 Å². The molecule has 0 saturated heterocycles. The molecule has 0 aromatic rings. The molecule has 6 nitrogen and oxygen atoms in total. The Hall–Kier alpha value is -1.95. The molecule has 1 rings (SSSR count). The number of carbonyl (C=O) groups excluding carboxylic acids is 1. The maximum absolute atomic E-state index is 11.9. The van der Waals surface area contributed by atoms with Crippen molar-refractivity contribution in [2.45, 2.75) is 6.42 Å². The molecule has 1 aliphatic rings. The predicted octanol–water partition coefficient (Wildman–Crippen LogP) is 1.05. The van der Waals surface area contributed by atoms with E-state index in [4.69, 9.17) is 0 Å². The number of likely N-dealkylation sites (N-methyl/N-ethyl adjacent to an activating group) is 1. The van der Waals surface area contributed by atoms with E-state index in [1.807, 2.05) is 14.1 Å². The molecule has 0 radical (unpaired) electrons. The van der Waals surface area contributed by atoms with Crippen LogP contribution < -0.4 is 5.32 Å². The fourth-order valence-electron chi connectivity index (χ4n) is 1.64. The van der Waals surface area contributed by atoms with Gasteiger partial charge in [-0.25, -0.2) is 0 Å². The molecule has 0 bridgehead atoms. The normalized spacial score (nSPS) is 16.7. The van der Waals surface area contributed by atoms with Crippen LogP contribution in [0.4, 0.5) is 0 Å². The zero-order valence-electron chi connectivity index (χ0n) is 11.6. The standard InChI is InChI=1S/C13H20N4O2/c1-16(2)8-4-7-14-13(18)11-5-6-12(9-15-19)17(3)10-11/h5-6,9-10H,4,7-8H2,1-3H3,(H,14,18). The van der Waals surface area contributed by atoms with Crippen LogP contribution in [0.5, 0.6) is 0 Å². The van der Waals surface area contributed by atoms with Crippen LogP contribution in [-0.4, -0.2) is 49.9 Å². The molecular weight excluding hydrogens is 244 g/mol. The summed E-state index contributed by atoms with van der Waals surface area (Å²) in [5, 5.41) is 5.58. The highest BCUT2D eigenvalue weighted by molar-refractivity contribution is 5.96. The molecule has 0 atom stereocenters. The first-order valence-corrected chi connectivity index (χ1v) is 6.13. The van der Waals surface area contributed by atoms with Gasteiger partial charge in [0.05, 0.1) is 17.5 Å². The largest absolute Gasteiger partial charge is 0.352 e. The van der Waals surface area contributed by atoms with Crippen molar-refractivity contribution in [1.29, 1.82) is 0 Å². The molecule has 0 saturated carbocycles. The van der Waals surface area contributed by atoms with E-state index in [0.717, 1.165) is 13.0 Å². The molecule has 1 aliphatic heterocycles. The van der Waals surface area contributed by atoms with Crippen molar-refractivity contribution in [3.8, 4) is 0 Å². The van der Waals surface area contributed by atoms with Gasteiger partial charge in [0.25, 0.3) is 5.91 Å². The number of carbonyl (C=O) groups is 1. The van der Waals surface area contributed by atoms with E-state index < -0.39 is 0 Å². The second-order valence-corrected chi connectivity index (χ2v) is 4.60. The number of allylic oxidation sites excluding steroid dienone is 1. The van der Waals surface area contributed by atoms with Gasteiger partial charge >= 0.3 is 0 Å². The van der Waals surface area contributed by atoms with Gasteiger partial charge in [0.1, 0.15) is 0 Å². The Morgan fingerprint density at radius 2 is 2.21 bits per heavy atom. The minimum atomic E-state index is -0.111. The number of amides is 1. The number of hydrogen-bond donors (Lipinski definition) is 1. The Bertz CT molecular complexity index is 424. The SMILES string of the molecule is CN(C)CCCNC(=O)C1=CN(C)C(=CN=O)C=C1. The summed E-state index contributed by atoms with van der Waals surface area (Å²) in [4.78, 5) is 25.8. The van der Waals surface area contributed by atoms with Crippen LogP contribution >= 0.6 is 0 Å². The third kappa shape index (κ3) is 5.05. The maximum Gasteiger partial charge on any atom is 0.252 e. The Balaban J connectivity index is 2.47. The average Bonchev–Trinajstić information content (AvgIpc) is 2.36. The average molecular weight is 264 g/mol. The Kier molecular flexibility index (Phi) is 5.95. The molecule has 1 N–H and O–H groups in total. The molecule has 1 amide bonds. The molecule has 19 heavy (non-hydrogen) atoms. The number of nitroso groups, excluding NO2 is 1. The molecule has 1 heterocycles. The molecule has 0 fully saturated rings. The zero-order valence-corrected chi connectivity index (χ0v) is 11.6. The smallest absolute Gasteiger partial charge is 0.252 e. The van der Waals surface area contributed by atoms with Gasteiger partial charge in [0.15, 0.2) is 0 Å². The summed E-state index contributed by atoms with van der Waals surface area (Å²) >= 11 is 0. The van der Waals surface area contributed by atoms with E-state index in [1.165, 1.54) is 6.20 Å². The van der Waals surface area contributed by atoms with Crippen LogP contribution in [0, 0.1) is 4.91 Å². The third-order valence-corrected chi connectivity index (χ3v) is 2.69. The van der Waals surface area contributed by atoms with Crippen molar-refractivity contribution in [2.24, 2.45) is 5.18 Å². The molecule has 0 unspecified atom stereocenters.